The van der Waals surface area contributed by atoms with Gasteiger partial charge in [-0.25, -0.2) is 4.79 Å². The summed E-state index contributed by atoms with van der Waals surface area (Å²) in [5.74, 6) is -1.61. The van der Waals surface area contributed by atoms with E-state index in [0.29, 0.717) is 25.9 Å². The lowest BCUT2D eigenvalue weighted by atomic mass is 9.88. The maximum Gasteiger partial charge on any atom is 0.335 e. The Labute approximate surface area is 188 Å². The number of aliphatic hydroxyl groups excluding tert-OH is 2. The van der Waals surface area contributed by atoms with Crippen molar-refractivity contribution in [1.82, 2.24) is 0 Å². The molecule has 0 amide bonds. The molecular formula is C26H30O6. The number of methoxy groups -OCH3 is 1. The first-order valence-corrected chi connectivity index (χ1v) is 10.8. The zero-order valence-corrected chi connectivity index (χ0v) is 18.2. The standard InChI is InChI=1S/C26H30O6/c1-32-16-19-4-2-3-18(13-19)14-21(27)10-12-23-22(24(28)15-25(23)29)11-7-17-5-8-20(9-6-17)26(30)31/h2-6,8-10,12-13,21-23,25,27,29H,7,11,14-16H2,1H3,(H,30,31)/b12-10+/t21-,22-,23-,25-/m1/s1. The van der Waals surface area contributed by atoms with Crippen LogP contribution in [0.4, 0.5) is 0 Å². The third-order valence-electron chi connectivity index (χ3n) is 5.98. The van der Waals surface area contributed by atoms with Gasteiger partial charge >= 0.3 is 5.97 Å². The van der Waals surface area contributed by atoms with E-state index in [4.69, 9.17) is 9.84 Å². The molecule has 1 saturated carbocycles. The van der Waals surface area contributed by atoms with Crippen LogP contribution in [0.1, 0.15) is 39.9 Å². The van der Waals surface area contributed by atoms with Gasteiger partial charge in [0.05, 0.1) is 24.4 Å². The predicted molar refractivity (Wildman–Crippen MR) is 120 cm³/mol. The lowest BCUT2D eigenvalue weighted by Gasteiger charge is -2.18. The fourth-order valence-corrected chi connectivity index (χ4v) is 4.31. The number of hydrogen-bond acceptors (Lipinski definition) is 5. The summed E-state index contributed by atoms with van der Waals surface area (Å²) >= 11 is 0. The van der Waals surface area contributed by atoms with E-state index in [1.54, 1.807) is 43.5 Å². The number of ketones is 1. The van der Waals surface area contributed by atoms with Crippen molar-refractivity contribution in [3.05, 3.63) is 82.9 Å². The average Bonchev–Trinajstić information content (AvgIpc) is 3.03. The highest BCUT2D eigenvalue weighted by atomic mass is 16.5. The van der Waals surface area contributed by atoms with Crippen LogP contribution < -0.4 is 0 Å². The average molecular weight is 439 g/mol. The van der Waals surface area contributed by atoms with Crippen molar-refractivity contribution in [3.63, 3.8) is 0 Å². The van der Waals surface area contributed by atoms with Gasteiger partial charge in [-0.05, 0) is 41.7 Å². The van der Waals surface area contributed by atoms with Crippen LogP contribution in [0.25, 0.3) is 0 Å². The fourth-order valence-electron chi connectivity index (χ4n) is 4.31. The van der Waals surface area contributed by atoms with Crippen molar-refractivity contribution in [2.24, 2.45) is 11.8 Å². The highest BCUT2D eigenvalue weighted by molar-refractivity contribution is 5.87. The van der Waals surface area contributed by atoms with Gasteiger partial charge in [0.25, 0.3) is 0 Å². The molecule has 0 saturated heterocycles. The molecule has 1 fully saturated rings. The Balaban J connectivity index is 1.60. The predicted octanol–water partition coefficient (Wildman–Crippen LogP) is 3.19. The van der Waals surface area contributed by atoms with Gasteiger partial charge in [-0.15, -0.1) is 0 Å². The number of ether oxygens (including phenoxy) is 1. The summed E-state index contributed by atoms with van der Waals surface area (Å²) in [6.45, 7) is 0.511. The summed E-state index contributed by atoms with van der Waals surface area (Å²) in [6, 6.07) is 14.5. The smallest absolute Gasteiger partial charge is 0.335 e. The van der Waals surface area contributed by atoms with Gasteiger partial charge in [0.15, 0.2) is 0 Å². The van der Waals surface area contributed by atoms with Crippen LogP contribution in [0.3, 0.4) is 0 Å². The highest BCUT2D eigenvalue weighted by Gasteiger charge is 2.39. The third-order valence-corrected chi connectivity index (χ3v) is 5.98. The van der Waals surface area contributed by atoms with Crippen molar-refractivity contribution in [2.75, 3.05) is 7.11 Å². The van der Waals surface area contributed by atoms with Crippen molar-refractivity contribution >= 4 is 11.8 Å². The minimum atomic E-state index is -0.972. The highest BCUT2D eigenvalue weighted by Crippen LogP contribution is 2.34. The summed E-state index contributed by atoms with van der Waals surface area (Å²) in [7, 11) is 1.64. The number of aromatic carboxylic acids is 1. The lowest BCUT2D eigenvalue weighted by molar-refractivity contribution is -0.121. The molecule has 1 aliphatic carbocycles. The lowest BCUT2D eigenvalue weighted by Crippen LogP contribution is -2.20. The number of Topliss-reactive ketones (excluding diaryl/α,β-unsaturated/α-hetero) is 1. The Morgan fingerprint density at radius 3 is 2.56 bits per heavy atom. The van der Waals surface area contributed by atoms with Gasteiger partial charge in [0.2, 0.25) is 0 Å². The molecule has 0 unspecified atom stereocenters. The molecular weight excluding hydrogens is 408 g/mol. The van der Waals surface area contributed by atoms with E-state index in [0.717, 1.165) is 16.7 Å². The van der Waals surface area contributed by atoms with Crippen LogP contribution in [0.2, 0.25) is 0 Å². The second-order valence-corrected chi connectivity index (χ2v) is 8.37. The summed E-state index contributed by atoms with van der Waals surface area (Å²) in [5.41, 5.74) is 3.20. The molecule has 3 rings (SSSR count). The minimum absolute atomic E-state index is 0.0241. The van der Waals surface area contributed by atoms with Crippen molar-refractivity contribution in [2.45, 2.75) is 44.5 Å². The molecule has 0 aromatic heterocycles. The molecule has 4 atom stereocenters. The molecule has 0 spiro atoms. The second kappa shape index (κ2) is 11.2. The summed E-state index contributed by atoms with van der Waals surface area (Å²) < 4.78 is 5.15. The maximum absolute atomic E-state index is 12.4. The first kappa shape index (κ1) is 23.9. The quantitative estimate of drug-likeness (QED) is 0.492. The monoisotopic (exact) mass is 438 g/mol. The van der Waals surface area contributed by atoms with Crippen molar-refractivity contribution < 1.29 is 29.6 Å². The van der Waals surface area contributed by atoms with E-state index >= 15 is 0 Å². The van der Waals surface area contributed by atoms with Gasteiger partial charge in [-0.2, -0.15) is 0 Å². The second-order valence-electron chi connectivity index (χ2n) is 8.37. The van der Waals surface area contributed by atoms with Crippen LogP contribution in [0, 0.1) is 11.8 Å². The Morgan fingerprint density at radius 2 is 1.88 bits per heavy atom. The maximum atomic E-state index is 12.4. The van der Waals surface area contributed by atoms with Gasteiger partial charge in [-0.1, -0.05) is 48.6 Å². The Kier molecular flexibility index (Phi) is 8.33. The molecule has 0 bridgehead atoms. The molecule has 32 heavy (non-hydrogen) atoms. The molecule has 0 aliphatic heterocycles. The number of benzene rings is 2. The number of hydrogen-bond donors (Lipinski definition) is 3. The molecule has 6 heteroatoms. The normalized spacial score (nSPS) is 21.8. The van der Waals surface area contributed by atoms with E-state index in [2.05, 4.69) is 0 Å². The summed E-state index contributed by atoms with van der Waals surface area (Å²) in [5, 5.41) is 29.9. The third kappa shape index (κ3) is 6.36. The van der Waals surface area contributed by atoms with E-state index < -0.39 is 18.2 Å². The largest absolute Gasteiger partial charge is 0.478 e. The number of aryl methyl sites for hydroxylation is 1. The van der Waals surface area contributed by atoms with E-state index in [9.17, 15) is 19.8 Å². The molecule has 3 N–H and O–H groups in total. The summed E-state index contributed by atoms with van der Waals surface area (Å²) in [4.78, 5) is 23.4. The van der Waals surface area contributed by atoms with Crippen LogP contribution in [-0.2, 0) is 29.0 Å². The molecule has 170 valence electrons. The number of carbonyl (C=O) groups excluding carboxylic acids is 1. The molecule has 2 aromatic carbocycles. The van der Waals surface area contributed by atoms with Crippen molar-refractivity contribution in [1.29, 1.82) is 0 Å². The first-order chi connectivity index (χ1) is 15.4. The summed E-state index contributed by atoms with van der Waals surface area (Å²) in [6.07, 6.45) is 3.70. The van der Waals surface area contributed by atoms with Crippen LogP contribution >= 0.6 is 0 Å². The zero-order chi connectivity index (χ0) is 23.1. The van der Waals surface area contributed by atoms with Gasteiger partial charge in [-0.3, -0.25) is 4.79 Å². The van der Waals surface area contributed by atoms with E-state index in [1.165, 1.54) is 0 Å². The van der Waals surface area contributed by atoms with Crippen LogP contribution in [0.15, 0.2) is 60.7 Å². The number of aliphatic hydroxyl groups is 2. The Hall–Kier alpha value is -2.80. The molecule has 0 heterocycles. The van der Waals surface area contributed by atoms with Gasteiger partial charge < -0.3 is 20.1 Å². The van der Waals surface area contributed by atoms with Crippen LogP contribution in [-0.4, -0.2) is 46.4 Å². The number of carbonyl (C=O) groups is 2. The Morgan fingerprint density at radius 1 is 1.16 bits per heavy atom. The van der Waals surface area contributed by atoms with E-state index in [-0.39, 0.29) is 29.6 Å². The molecule has 1 aliphatic rings. The molecule has 6 nitrogen and oxygen atoms in total. The molecule has 0 radical (unpaired) electrons. The van der Waals surface area contributed by atoms with Crippen LogP contribution in [0.5, 0.6) is 0 Å². The van der Waals surface area contributed by atoms with Crippen molar-refractivity contribution in [3.8, 4) is 0 Å². The first-order valence-electron chi connectivity index (χ1n) is 10.8. The SMILES string of the molecule is COCc1cccc(C[C@H](O)/C=C/[C@H]2[C@H](O)CC(=O)[C@@H]2CCc2ccc(C(=O)O)cc2)c1. The zero-order valence-electron chi connectivity index (χ0n) is 18.2. The number of carboxylic acid groups (broad SMARTS) is 1. The molecule has 2 aromatic rings. The number of carboxylic acids is 1. The Bertz CT molecular complexity index is 949. The minimum Gasteiger partial charge on any atom is -0.478 e. The van der Waals surface area contributed by atoms with E-state index in [1.807, 2.05) is 24.3 Å². The topological polar surface area (TPSA) is 104 Å². The van der Waals surface area contributed by atoms with Gasteiger partial charge in [0.1, 0.15) is 5.78 Å². The van der Waals surface area contributed by atoms with Gasteiger partial charge in [0, 0.05) is 31.8 Å². The number of rotatable bonds is 10. The fraction of sp³-hybridized carbons (Fsp3) is 0.385.